The lowest BCUT2D eigenvalue weighted by atomic mass is 10.0. The van der Waals surface area contributed by atoms with Gasteiger partial charge in [0.25, 0.3) is 5.91 Å². The summed E-state index contributed by atoms with van der Waals surface area (Å²) in [6.45, 7) is 3.13. The number of hydrogen-bond acceptors (Lipinski definition) is 6. The second-order valence-corrected chi connectivity index (χ2v) is 8.21. The molecule has 1 N–H and O–H groups in total. The van der Waals surface area contributed by atoms with E-state index in [4.69, 9.17) is 13.9 Å². The van der Waals surface area contributed by atoms with Gasteiger partial charge in [-0.3, -0.25) is 4.79 Å². The van der Waals surface area contributed by atoms with Crippen LogP contribution in [0.25, 0.3) is 0 Å². The van der Waals surface area contributed by atoms with Crippen LogP contribution in [-0.2, 0) is 0 Å². The molecule has 0 bridgehead atoms. The number of hydrogen-bond donors (Lipinski definition) is 1. The summed E-state index contributed by atoms with van der Waals surface area (Å²) in [6.07, 6.45) is 0.632. The van der Waals surface area contributed by atoms with Crippen LogP contribution in [0.2, 0.25) is 0 Å². The Hall–Kier alpha value is -2.80. The summed E-state index contributed by atoms with van der Waals surface area (Å²) < 4.78 is 17.1. The number of para-hydroxylation sites is 2. The first-order valence-corrected chi connectivity index (χ1v) is 10.00. The van der Waals surface area contributed by atoms with Gasteiger partial charge in [-0.1, -0.05) is 12.1 Å². The number of carbonyl (C=O) groups is 1. The maximum absolute atomic E-state index is 13.0. The number of nitrogens with zero attached hydrogens (tertiary/aromatic N) is 1. The first kappa shape index (κ1) is 18.2. The fraction of sp³-hybridized carbons (Fsp3) is 0.455. The summed E-state index contributed by atoms with van der Waals surface area (Å²) in [5, 5.41) is 9.79. The highest BCUT2D eigenvalue weighted by Crippen LogP contribution is 2.39. The van der Waals surface area contributed by atoms with Crippen LogP contribution in [0.5, 0.6) is 11.5 Å². The van der Waals surface area contributed by atoms with E-state index in [2.05, 4.69) is 0 Å². The van der Waals surface area contributed by atoms with E-state index in [0.29, 0.717) is 47.7 Å². The lowest BCUT2D eigenvalue weighted by molar-refractivity contribution is 0.0703. The van der Waals surface area contributed by atoms with Gasteiger partial charge < -0.3 is 23.9 Å². The minimum absolute atomic E-state index is 0.0754. The van der Waals surface area contributed by atoms with Crippen molar-refractivity contribution in [3.05, 3.63) is 57.6 Å². The Labute approximate surface area is 167 Å². The van der Waals surface area contributed by atoms with E-state index in [1.54, 1.807) is 24.0 Å². The van der Waals surface area contributed by atoms with Gasteiger partial charge in [-0.05, 0) is 55.4 Å². The molecule has 3 aliphatic rings. The highest BCUT2D eigenvalue weighted by molar-refractivity contribution is 5.95. The van der Waals surface area contributed by atoms with E-state index in [-0.39, 0.29) is 24.2 Å². The van der Waals surface area contributed by atoms with E-state index < -0.39 is 11.7 Å². The Morgan fingerprint density at radius 2 is 1.83 bits per heavy atom. The van der Waals surface area contributed by atoms with E-state index in [1.165, 1.54) is 0 Å². The molecule has 2 aromatic rings. The first-order chi connectivity index (χ1) is 14.0. The third-order valence-electron chi connectivity index (χ3n) is 6.22. The highest BCUT2D eigenvalue weighted by atomic mass is 16.6. The van der Waals surface area contributed by atoms with E-state index in [9.17, 15) is 14.7 Å². The van der Waals surface area contributed by atoms with Gasteiger partial charge in [0.2, 0.25) is 0 Å². The molecule has 3 heterocycles. The monoisotopic (exact) mass is 397 g/mol. The van der Waals surface area contributed by atoms with Crippen LogP contribution < -0.4 is 15.1 Å². The SMILES string of the molecule is Cc1cc(C2COc3ccccc3O2)oc(=O)c1C(=O)N1C[C@H]2CC(O)C[C@H]2C1. The minimum atomic E-state index is -0.649. The number of aliphatic hydroxyl groups excluding tert-OH is 1. The number of likely N-dealkylation sites (tertiary alicyclic amines) is 1. The third-order valence-corrected chi connectivity index (χ3v) is 6.22. The normalized spacial score (nSPS) is 27.7. The average molecular weight is 397 g/mol. The molecule has 5 rings (SSSR count). The Kier molecular flexibility index (Phi) is 4.35. The topological polar surface area (TPSA) is 89.2 Å². The number of amides is 1. The lowest BCUT2D eigenvalue weighted by Crippen LogP contribution is -2.34. The van der Waals surface area contributed by atoms with Crippen LogP contribution in [0.3, 0.4) is 0 Å². The van der Waals surface area contributed by atoms with Crippen LogP contribution in [0.1, 0.15) is 40.6 Å². The molecule has 2 fully saturated rings. The molecule has 0 radical (unpaired) electrons. The minimum Gasteiger partial charge on any atom is -0.485 e. The van der Waals surface area contributed by atoms with Gasteiger partial charge in [0.1, 0.15) is 12.2 Å². The van der Waals surface area contributed by atoms with Crippen molar-refractivity contribution in [3.8, 4) is 11.5 Å². The number of aliphatic hydroxyl groups is 1. The second kappa shape index (κ2) is 6.91. The fourth-order valence-electron chi connectivity index (χ4n) is 4.80. The van der Waals surface area contributed by atoms with E-state index >= 15 is 0 Å². The quantitative estimate of drug-likeness (QED) is 0.837. The Bertz CT molecular complexity index is 1000. The van der Waals surface area contributed by atoms with Crippen molar-refractivity contribution in [2.75, 3.05) is 19.7 Å². The van der Waals surface area contributed by atoms with Gasteiger partial charge in [0, 0.05) is 13.1 Å². The number of benzene rings is 1. The lowest BCUT2D eigenvalue weighted by Gasteiger charge is -2.26. The summed E-state index contributed by atoms with van der Waals surface area (Å²) >= 11 is 0. The van der Waals surface area contributed by atoms with Crippen LogP contribution in [0.4, 0.5) is 0 Å². The fourth-order valence-corrected chi connectivity index (χ4v) is 4.80. The van der Waals surface area contributed by atoms with Crippen LogP contribution in [-0.4, -0.2) is 41.7 Å². The molecule has 1 saturated carbocycles. The van der Waals surface area contributed by atoms with Gasteiger partial charge in [0.15, 0.2) is 23.4 Å². The number of fused-ring (bicyclic) bond motifs is 2. The number of rotatable bonds is 2. The summed E-state index contributed by atoms with van der Waals surface area (Å²) in [4.78, 5) is 27.4. The van der Waals surface area contributed by atoms with Crippen molar-refractivity contribution in [2.45, 2.75) is 32.0 Å². The standard InChI is InChI=1S/C22H23NO6/c1-12-6-18(19-11-27-16-4-2-3-5-17(16)28-19)29-22(26)20(12)21(25)23-9-13-7-15(24)8-14(13)10-23/h2-6,13-15,19,24H,7-11H2,1H3/t13-,14+,15?,19?. The molecular formula is C22H23NO6. The Balaban J connectivity index is 1.37. The number of carbonyl (C=O) groups excluding carboxylic acids is 1. The van der Waals surface area contributed by atoms with Crippen molar-refractivity contribution in [1.82, 2.24) is 4.90 Å². The summed E-state index contributed by atoms with van der Waals surface area (Å²) in [6, 6.07) is 9.01. The van der Waals surface area contributed by atoms with Crippen molar-refractivity contribution < 1.29 is 23.8 Å². The number of ether oxygens (including phenoxy) is 2. The molecule has 29 heavy (non-hydrogen) atoms. The first-order valence-electron chi connectivity index (χ1n) is 10.00. The van der Waals surface area contributed by atoms with Gasteiger partial charge in [0.05, 0.1) is 6.10 Å². The Morgan fingerprint density at radius 1 is 1.14 bits per heavy atom. The highest BCUT2D eigenvalue weighted by Gasteiger charge is 2.42. The van der Waals surface area contributed by atoms with Crippen LogP contribution in [0, 0.1) is 18.8 Å². The van der Waals surface area contributed by atoms with Crippen molar-refractivity contribution in [1.29, 1.82) is 0 Å². The molecule has 1 amide bonds. The summed E-state index contributed by atoms with van der Waals surface area (Å²) in [5.74, 6) is 1.92. The smallest absolute Gasteiger partial charge is 0.349 e. The molecular weight excluding hydrogens is 374 g/mol. The maximum atomic E-state index is 13.0. The predicted molar refractivity (Wildman–Crippen MR) is 103 cm³/mol. The molecule has 1 saturated heterocycles. The molecule has 152 valence electrons. The zero-order chi connectivity index (χ0) is 20.1. The zero-order valence-corrected chi connectivity index (χ0v) is 16.2. The van der Waals surface area contributed by atoms with E-state index in [0.717, 1.165) is 12.8 Å². The van der Waals surface area contributed by atoms with Gasteiger partial charge >= 0.3 is 5.63 Å². The predicted octanol–water partition coefficient (Wildman–Crippen LogP) is 2.30. The molecule has 4 atom stereocenters. The molecule has 1 aromatic carbocycles. The Morgan fingerprint density at radius 3 is 2.52 bits per heavy atom. The van der Waals surface area contributed by atoms with E-state index in [1.807, 2.05) is 18.2 Å². The largest absolute Gasteiger partial charge is 0.485 e. The average Bonchev–Trinajstić information content (AvgIpc) is 3.24. The maximum Gasteiger partial charge on any atom is 0.349 e. The van der Waals surface area contributed by atoms with Crippen molar-refractivity contribution in [2.24, 2.45) is 11.8 Å². The van der Waals surface area contributed by atoms with Crippen LogP contribution >= 0.6 is 0 Å². The molecule has 2 aliphatic heterocycles. The van der Waals surface area contributed by atoms with Gasteiger partial charge in [-0.2, -0.15) is 0 Å². The third kappa shape index (κ3) is 3.19. The molecule has 0 spiro atoms. The van der Waals surface area contributed by atoms with Gasteiger partial charge in [-0.15, -0.1) is 0 Å². The number of aryl methyl sites for hydroxylation is 1. The molecule has 2 unspecified atom stereocenters. The second-order valence-electron chi connectivity index (χ2n) is 8.21. The molecule has 1 aromatic heterocycles. The molecule has 7 heteroatoms. The molecule has 7 nitrogen and oxygen atoms in total. The molecule has 1 aliphatic carbocycles. The van der Waals surface area contributed by atoms with Crippen LogP contribution in [0.15, 0.2) is 39.5 Å². The summed E-state index contributed by atoms with van der Waals surface area (Å²) in [5.41, 5.74) is -0.00300. The van der Waals surface area contributed by atoms with Crippen molar-refractivity contribution in [3.63, 3.8) is 0 Å². The van der Waals surface area contributed by atoms with Crippen molar-refractivity contribution >= 4 is 5.91 Å². The zero-order valence-electron chi connectivity index (χ0n) is 16.2. The summed E-state index contributed by atoms with van der Waals surface area (Å²) in [7, 11) is 0. The van der Waals surface area contributed by atoms with Gasteiger partial charge in [-0.25, -0.2) is 4.79 Å².